The van der Waals surface area contributed by atoms with Gasteiger partial charge in [0.1, 0.15) is 5.75 Å². The minimum atomic E-state index is -0.310. The highest BCUT2D eigenvalue weighted by atomic mass is 32.1. The van der Waals surface area contributed by atoms with Gasteiger partial charge in [-0.2, -0.15) is 0 Å². The fourth-order valence-electron chi connectivity index (χ4n) is 2.84. The molecule has 132 valence electrons. The molecule has 0 aliphatic carbocycles. The van der Waals surface area contributed by atoms with Crippen LogP contribution in [0.4, 0.5) is 5.69 Å². The Bertz CT molecular complexity index is 998. The number of benzene rings is 3. The van der Waals surface area contributed by atoms with E-state index in [-0.39, 0.29) is 11.0 Å². The van der Waals surface area contributed by atoms with E-state index >= 15 is 0 Å². The summed E-state index contributed by atoms with van der Waals surface area (Å²) < 4.78 is 5.38. The maximum absolute atomic E-state index is 12.7. The maximum atomic E-state index is 12.7. The van der Waals surface area contributed by atoms with Gasteiger partial charge in [0.05, 0.1) is 12.7 Å². The number of hydrogen-bond acceptors (Lipinski definition) is 3. The molecule has 3 aromatic carbocycles. The second kappa shape index (κ2) is 7.54. The number of anilines is 1. The average molecular weight is 364 g/mol. The van der Waals surface area contributed by atoms with Crippen LogP contribution < -0.4 is 15.4 Å². The second-order valence-corrected chi connectivity index (χ2v) is 6.53. The number of methoxy groups -OCH3 is 1. The third-order valence-corrected chi connectivity index (χ3v) is 4.37. The molecule has 5 heteroatoms. The van der Waals surface area contributed by atoms with Crippen molar-refractivity contribution in [1.82, 2.24) is 5.32 Å². The van der Waals surface area contributed by atoms with Crippen molar-refractivity contribution < 1.29 is 9.53 Å². The first kappa shape index (κ1) is 17.9. The van der Waals surface area contributed by atoms with Crippen LogP contribution in [0.15, 0.2) is 54.6 Å². The van der Waals surface area contributed by atoms with Gasteiger partial charge in [0, 0.05) is 5.69 Å². The molecule has 0 aromatic heterocycles. The molecule has 3 aromatic rings. The number of amides is 1. The Morgan fingerprint density at radius 3 is 2.35 bits per heavy atom. The quantitative estimate of drug-likeness (QED) is 0.667. The Morgan fingerprint density at radius 1 is 1.00 bits per heavy atom. The first-order chi connectivity index (χ1) is 12.5. The topological polar surface area (TPSA) is 50.4 Å². The monoisotopic (exact) mass is 364 g/mol. The van der Waals surface area contributed by atoms with Crippen molar-refractivity contribution in [2.24, 2.45) is 0 Å². The normalized spacial score (nSPS) is 10.4. The van der Waals surface area contributed by atoms with Crippen LogP contribution in [0.2, 0.25) is 0 Å². The molecule has 4 nitrogen and oxygen atoms in total. The number of rotatable bonds is 3. The van der Waals surface area contributed by atoms with E-state index in [1.807, 2.05) is 62.4 Å². The summed E-state index contributed by atoms with van der Waals surface area (Å²) in [7, 11) is 1.55. The number of nitrogens with one attached hydrogen (secondary N) is 2. The molecule has 0 unspecified atom stereocenters. The molecule has 0 aliphatic heterocycles. The smallest absolute Gasteiger partial charge is 0.261 e. The van der Waals surface area contributed by atoms with E-state index in [2.05, 4.69) is 16.7 Å². The number of ether oxygens (including phenoxy) is 1. The van der Waals surface area contributed by atoms with Gasteiger partial charge in [-0.15, -0.1) is 0 Å². The van der Waals surface area contributed by atoms with Crippen molar-refractivity contribution in [2.75, 3.05) is 12.4 Å². The number of carbonyl (C=O) groups is 1. The molecule has 0 saturated carbocycles. The predicted molar refractivity (Wildman–Crippen MR) is 110 cm³/mol. The van der Waals surface area contributed by atoms with E-state index in [9.17, 15) is 4.79 Å². The molecule has 0 atom stereocenters. The van der Waals surface area contributed by atoms with Crippen molar-refractivity contribution >= 4 is 39.7 Å². The minimum absolute atomic E-state index is 0.247. The van der Waals surface area contributed by atoms with Gasteiger partial charge < -0.3 is 10.1 Å². The molecular formula is C21H20N2O2S. The van der Waals surface area contributed by atoms with Crippen LogP contribution in [-0.4, -0.2) is 18.1 Å². The highest BCUT2D eigenvalue weighted by molar-refractivity contribution is 7.80. The van der Waals surface area contributed by atoms with Crippen LogP contribution in [-0.2, 0) is 0 Å². The fourth-order valence-corrected chi connectivity index (χ4v) is 3.05. The standard InChI is InChI=1S/C21H20N2O2S/c1-13-8-9-18(14(2)10-13)22-21(26)23-20(24)17-11-15-6-4-5-7-16(15)12-19(17)25-3/h4-12H,1-3H3,(H2,22,23,24,26). The molecule has 0 fully saturated rings. The summed E-state index contributed by atoms with van der Waals surface area (Å²) in [6, 6.07) is 17.5. The van der Waals surface area contributed by atoms with E-state index in [1.165, 1.54) is 5.56 Å². The van der Waals surface area contributed by atoms with E-state index < -0.39 is 0 Å². The van der Waals surface area contributed by atoms with Crippen LogP contribution in [0.25, 0.3) is 10.8 Å². The Kier molecular flexibility index (Phi) is 5.19. The van der Waals surface area contributed by atoms with E-state index in [0.29, 0.717) is 11.3 Å². The highest BCUT2D eigenvalue weighted by Gasteiger charge is 2.15. The first-order valence-corrected chi connectivity index (χ1v) is 8.65. The minimum Gasteiger partial charge on any atom is -0.496 e. The Balaban J connectivity index is 1.80. The van der Waals surface area contributed by atoms with Gasteiger partial charge in [0.2, 0.25) is 0 Å². The molecule has 0 saturated heterocycles. The molecule has 0 heterocycles. The Morgan fingerprint density at radius 2 is 1.69 bits per heavy atom. The third-order valence-electron chi connectivity index (χ3n) is 4.17. The lowest BCUT2D eigenvalue weighted by molar-refractivity contribution is 0.0975. The fraction of sp³-hybridized carbons (Fsp3) is 0.143. The van der Waals surface area contributed by atoms with Gasteiger partial charge >= 0.3 is 0 Å². The van der Waals surface area contributed by atoms with Crippen molar-refractivity contribution in [3.8, 4) is 5.75 Å². The number of carbonyl (C=O) groups excluding carboxylic acids is 1. The van der Waals surface area contributed by atoms with Gasteiger partial charge in [-0.3, -0.25) is 10.1 Å². The lowest BCUT2D eigenvalue weighted by Gasteiger charge is -2.14. The van der Waals surface area contributed by atoms with E-state index in [0.717, 1.165) is 22.0 Å². The molecule has 26 heavy (non-hydrogen) atoms. The molecule has 0 radical (unpaired) electrons. The zero-order valence-electron chi connectivity index (χ0n) is 14.9. The summed E-state index contributed by atoms with van der Waals surface area (Å²) in [5, 5.41) is 8.02. The van der Waals surface area contributed by atoms with Gasteiger partial charge in [-0.25, -0.2) is 0 Å². The van der Waals surface area contributed by atoms with E-state index in [1.54, 1.807) is 7.11 Å². The molecule has 1 amide bonds. The molecule has 0 bridgehead atoms. The summed E-state index contributed by atoms with van der Waals surface area (Å²) in [6.07, 6.45) is 0. The van der Waals surface area contributed by atoms with E-state index in [4.69, 9.17) is 17.0 Å². The third kappa shape index (κ3) is 3.83. The lowest BCUT2D eigenvalue weighted by Crippen LogP contribution is -2.34. The summed E-state index contributed by atoms with van der Waals surface area (Å²) in [6.45, 7) is 4.02. The second-order valence-electron chi connectivity index (χ2n) is 6.13. The average Bonchev–Trinajstić information content (AvgIpc) is 2.62. The molecule has 0 spiro atoms. The van der Waals surface area contributed by atoms with Gasteiger partial charge in [-0.1, -0.05) is 42.0 Å². The van der Waals surface area contributed by atoms with Crippen LogP contribution in [0, 0.1) is 13.8 Å². The molecule has 3 rings (SSSR count). The Hall–Kier alpha value is -2.92. The Labute approximate surface area is 158 Å². The lowest BCUT2D eigenvalue weighted by atomic mass is 10.1. The number of hydrogen-bond donors (Lipinski definition) is 2. The van der Waals surface area contributed by atoms with Crippen molar-refractivity contribution in [1.29, 1.82) is 0 Å². The summed E-state index contributed by atoms with van der Waals surface area (Å²) >= 11 is 5.30. The molecule has 2 N–H and O–H groups in total. The van der Waals surface area contributed by atoms with Crippen molar-refractivity contribution in [3.63, 3.8) is 0 Å². The van der Waals surface area contributed by atoms with Gasteiger partial charge in [0.15, 0.2) is 5.11 Å². The molecular weight excluding hydrogens is 344 g/mol. The first-order valence-electron chi connectivity index (χ1n) is 8.24. The summed E-state index contributed by atoms with van der Waals surface area (Å²) in [5.41, 5.74) is 3.54. The predicted octanol–water partition coefficient (Wildman–Crippen LogP) is 4.59. The summed E-state index contributed by atoms with van der Waals surface area (Å²) in [5.74, 6) is 0.199. The SMILES string of the molecule is COc1cc2ccccc2cc1C(=O)NC(=S)Nc1ccc(C)cc1C. The van der Waals surface area contributed by atoms with Crippen LogP contribution >= 0.6 is 12.2 Å². The van der Waals surface area contributed by atoms with Gasteiger partial charge in [0.25, 0.3) is 5.91 Å². The molecule has 0 aliphatic rings. The number of thiocarbonyl (C=S) groups is 1. The zero-order valence-corrected chi connectivity index (χ0v) is 15.7. The van der Waals surface area contributed by atoms with Gasteiger partial charge in [-0.05, 0) is 60.6 Å². The van der Waals surface area contributed by atoms with Crippen molar-refractivity contribution in [2.45, 2.75) is 13.8 Å². The van der Waals surface area contributed by atoms with Crippen LogP contribution in [0.1, 0.15) is 21.5 Å². The van der Waals surface area contributed by atoms with Crippen LogP contribution in [0.5, 0.6) is 5.75 Å². The zero-order chi connectivity index (χ0) is 18.7. The van der Waals surface area contributed by atoms with Crippen LogP contribution in [0.3, 0.4) is 0 Å². The maximum Gasteiger partial charge on any atom is 0.261 e. The largest absolute Gasteiger partial charge is 0.496 e. The highest BCUT2D eigenvalue weighted by Crippen LogP contribution is 2.26. The number of aryl methyl sites for hydroxylation is 2. The van der Waals surface area contributed by atoms with Crippen molar-refractivity contribution in [3.05, 3.63) is 71.3 Å². The number of fused-ring (bicyclic) bond motifs is 1. The summed E-state index contributed by atoms with van der Waals surface area (Å²) in [4.78, 5) is 12.7.